The van der Waals surface area contributed by atoms with Crippen molar-refractivity contribution >= 4 is 19.7 Å². The van der Waals surface area contributed by atoms with Crippen molar-refractivity contribution in [2.45, 2.75) is 52.6 Å². The molecule has 12 nitrogen and oxygen atoms in total. The molecule has 1 N–H and O–H groups in total. The van der Waals surface area contributed by atoms with Crippen molar-refractivity contribution in [3.05, 3.63) is 89.9 Å². The van der Waals surface area contributed by atoms with Gasteiger partial charge in [-0.3, -0.25) is 14.4 Å². The van der Waals surface area contributed by atoms with Crippen molar-refractivity contribution in [3.8, 4) is 17.2 Å². The molecule has 1 amide bonds. The maximum atomic E-state index is 12.9. The topological polar surface area (TPSA) is 144 Å². The predicted octanol–water partition coefficient (Wildman–Crippen LogP) is 7.57. The van der Waals surface area contributed by atoms with Gasteiger partial charge in [-0.25, -0.2) is 23.9 Å². The molecular weight excluding hydrogens is 587 g/mol. The van der Waals surface area contributed by atoms with E-state index >= 15 is 0 Å². The van der Waals surface area contributed by atoms with Gasteiger partial charge in [0.05, 0.1) is 24.5 Å². The molecule has 0 atom stereocenters. The first-order valence-corrected chi connectivity index (χ1v) is 15.9. The van der Waals surface area contributed by atoms with Crippen LogP contribution in [0.1, 0.15) is 56.4 Å². The van der Waals surface area contributed by atoms with E-state index in [1.54, 1.807) is 24.4 Å². The summed E-state index contributed by atoms with van der Waals surface area (Å²) in [6, 6.07) is 18.7. The van der Waals surface area contributed by atoms with Crippen molar-refractivity contribution < 1.29 is 36.9 Å². The van der Waals surface area contributed by atoms with Crippen molar-refractivity contribution in [3.63, 3.8) is 0 Å². The Morgan fingerprint density at radius 1 is 0.886 bits per heavy atom. The summed E-state index contributed by atoms with van der Waals surface area (Å²) in [4.78, 5) is 20.9. The highest BCUT2D eigenvalue weighted by atomic mass is 31.2. The fourth-order valence-corrected chi connectivity index (χ4v) is 4.92. The molecule has 3 heterocycles. The molecule has 4 rings (SSSR count). The molecule has 0 fully saturated rings. The van der Waals surface area contributed by atoms with Gasteiger partial charge in [0.2, 0.25) is 12.7 Å². The van der Waals surface area contributed by atoms with Gasteiger partial charge in [0, 0.05) is 30.9 Å². The fourth-order valence-electron chi connectivity index (χ4n) is 3.81. The Hall–Kier alpha value is -4.09. The highest BCUT2D eigenvalue weighted by molar-refractivity contribution is 7.48. The van der Waals surface area contributed by atoms with Crippen LogP contribution in [0.25, 0.3) is 11.3 Å². The average molecular weight is 625 g/mol. The van der Waals surface area contributed by atoms with Crippen LogP contribution in [0.3, 0.4) is 0 Å². The summed E-state index contributed by atoms with van der Waals surface area (Å²) in [5, 5.41) is 6.75. The zero-order chi connectivity index (χ0) is 31.0. The van der Waals surface area contributed by atoms with Gasteiger partial charge in [-0.05, 0) is 42.2 Å². The lowest BCUT2D eigenvalue weighted by atomic mass is 10.1. The number of unbranched alkanes of at least 4 members (excludes halogenated alkanes) is 2. The van der Waals surface area contributed by atoms with Crippen molar-refractivity contribution in [1.29, 1.82) is 0 Å². The highest BCUT2D eigenvalue weighted by Gasteiger charge is 2.27. The maximum absolute atomic E-state index is 12.9. The number of pyridine rings is 2. The van der Waals surface area contributed by atoms with Gasteiger partial charge < -0.3 is 14.0 Å². The van der Waals surface area contributed by atoms with Crippen LogP contribution in [0.4, 0.5) is 10.6 Å². The largest absolute Gasteiger partial charge is 0.477 e. The predicted molar refractivity (Wildman–Crippen MR) is 163 cm³/mol. The van der Waals surface area contributed by atoms with E-state index in [1.807, 2.05) is 56.3 Å². The number of nitrogens with one attached hydrogen (secondary N) is 1. The van der Waals surface area contributed by atoms with Crippen LogP contribution in [0.5, 0.6) is 5.88 Å². The summed E-state index contributed by atoms with van der Waals surface area (Å²) in [6.45, 7) is 4.14. The number of carbonyl (C=O) groups is 1. The second-order valence-electron chi connectivity index (χ2n) is 9.66. The Morgan fingerprint density at radius 3 is 2.32 bits per heavy atom. The number of phosphoric acid groups is 1. The first-order valence-electron chi connectivity index (χ1n) is 14.5. The molecule has 44 heavy (non-hydrogen) atoms. The van der Waals surface area contributed by atoms with Crippen LogP contribution in [-0.2, 0) is 35.9 Å². The van der Waals surface area contributed by atoms with E-state index < -0.39 is 20.7 Å². The number of ether oxygens (including phenoxy) is 2. The number of anilines is 1. The van der Waals surface area contributed by atoms with Gasteiger partial charge in [0.15, 0.2) is 5.76 Å². The molecule has 3 aromatic heterocycles. The third kappa shape index (κ3) is 10.6. The average Bonchev–Trinajstić information content (AvgIpc) is 3.50. The van der Waals surface area contributed by atoms with Gasteiger partial charge in [-0.15, -0.1) is 0 Å². The van der Waals surface area contributed by atoms with Crippen LogP contribution < -0.4 is 10.1 Å². The molecular formula is C31H37N4O8P. The molecule has 4 aromatic rings. The van der Waals surface area contributed by atoms with Crippen molar-refractivity contribution in [2.24, 2.45) is 0 Å². The fraction of sp³-hybridized carbons (Fsp3) is 0.355. The summed E-state index contributed by atoms with van der Waals surface area (Å²) in [5.41, 5.74) is 3.25. The number of phosphoric ester groups is 1. The Bertz CT molecular complexity index is 1470. The first kappa shape index (κ1) is 32.8. The van der Waals surface area contributed by atoms with Gasteiger partial charge in [0.1, 0.15) is 12.4 Å². The smallest absolute Gasteiger partial charge is 0.473 e. The minimum absolute atomic E-state index is 0.194. The number of carbonyl (C=O) groups excluding carboxylic acids is 1. The monoisotopic (exact) mass is 624 g/mol. The molecule has 0 aliphatic heterocycles. The van der Waals surface area contributed by atoms with E-state index in [0.29, 0.717) is 48.8 Å². The summed E-state index contributed by atoms with van der Waals surface area (Å²) in [5.74, 6) is 1.18. The van der Waals surface area contributed by atoms with Gasteiger partial charge in [-0.2, -0.15) is 0 Å². The molecule has 0 bridgehead atoms. The highest BCUT2D eigenvalue weighted by Crippen LogP contribution is 2.49. The number of benzene rings is 1. The second-order valence-corrected chi connectivity index (χ2v) is 11.3. The molecule has 0 saturated carbocycles. The van der Waals surface area contributed by atoms with E-state index in [-0.39, 0.29) is 19.0 Å². The van der Waals surface area contributed by atoms with Crippen LogP contribution in [0.2, 0.25) is 0 Å². The van der Waals surface area contributed by atoms with Gasteiger partial charge in [0.25, 0.3) is 0 Å². The summed E-state index contributed by atoms with van der Waals surface area (Å²) in [6.07, 6.45) is 5.95. The number of rotatable bonds is 18. The molecule has 13 heteroatoms. The number of amides is 1. The van der Waals surface area contributed by atoms with E-state index in [9.17, 15) is 9.36 Å². The third-order valence-electron chi connectivity index (χ3n) is 6.18. The minimum Gasteiger partial charge on any atom is -0.473 e. The minimum atomic E-state index is -3.87. The van der Waals surface area contributed by atoms with Crippen molar-refractivity contribution in [2.75, 3.05) is 25.3 Å². The zero-order valence-corrected chi connectivity index (χ0v) is 25.7. The number of hydrogen-bond donors (Lipinski definition) is 1. The second kappa shape index (κ2) is 17.3. The molecule has 0 radical (unpaired) electrons. The van der Waals surface area contributed by atoms with Crippen LogP contribution >= 0.6 is 7.82 Å². The lowest BCUT2D eigenvalue weighted by molar-refractivity contribution is 0.0258. The lowest BCUT2D eigenvalue weighted by Crippen LogP contribution is -2.17. The molecule has 0 spiro atoms. The quantitative estimate of drug-likeness (QED) is 0.0665. The normalized spacial score (nSPS) is 11.3. The van der Waals surface area contributed by atoms with Crippen LogP contribution in [0.15, 0.2) is 77.6 Å². The van der Waals surface area contributed by atoms with Gasteiger partial charge >= 0.3 is 13.9 Å². The zero-order valence-electron chi connectivity index (χ0n) is 24.8. The molecule has 1 aromatic carbocycles. The van der Waals surface area contributed by atoms with E-state index in [2.05, 4.69) is 20.4 Å². The van der Waals surface area contributed by atoms with Gasteiger partial charge in [-0.1, -0.05) is 62.2 Å². The number of aromatic nitrogens is 3. The Kier molecular flexibility index (Phi) is 12.9. The summed E-state index contributed by atoms with van der Waals surface area (Å²) < 4.78 is 45.1. The van der Waals surface area contributed by atoms with E-state index in [4.69, 9.17) is 27.6 Å². The standard InChI is InChI=1S/C31H37N4O8P/c1-3-5-18-40-44(37,41-19-6-4-2)42-23-39-31(36)34-30-27(10-9-17-33-30)28-21-26(35-43-28)20-24-12-14-25(15-13-24)22-38-29-11-7-8-16-32-29/h7-17,21H,3-6,18-20,22-23H2,1-2H3,(H,33,34,36). The van der Waals surface area contributed by atoms with Crippen LogP contribution in [-0.4, -0.2) is 41.2 Å². The molecule has 0 unspecified atom stereocenters. The van der Waals surface area contributed by atoms with E-state index in [1.165, 1.54) is 6.20 Å². The van der Waals surface area contributed by atoms with Crippen LogP contribution in [0, 0.1) is 0 Å². The Balaban J connectivity index is 1.30. The maximum Gasteiger partial charge on any atom is 0.477 e. The Labute approximate surface area is 256 Å². The number of nitrogens with zero attached hydrogens (tertiary/aromatic N) is 3. The summed E-state index contributed by atoms with van der Waals surface area (Å²) in [7, 11) is -3.87. The van der Waals surface area contributed by atoms with Crippen molar-refractivity contribution in [1.82, 2.24) is 15.1 Å². The van der Waals surface area contributed by atoms with E-state index in [0.717, 1.165) is 24.0 Å². The SMILES string of the molecule is CCCCOP(=O)(OCCCC)OCOC(=O)Nc1ncccc1-c1cc(Cc2ccc(COc3ccccn3)cc2)no1. The molecule has 0 aliphatic carbocycles. The molecule has 0 aliphatic rings. The lowest BCUT2D eigenvalue weighted by Gasteiger charge is -2.17. The Morgan fingerprint density at radius 2 is 1.61 bits per heavy atom. The number of hydrogen-bond acceptors (Lipinski definition) is 11. The third-order valence-corrected chi connectivity index (χ3v) is 7.60. The summed E-state index contributed by atoms with van der Waals surface area (Å²) >= 11 is 0. The molecule has 234 valence electrons. The first-order chi connectivity index (χ1) is 21.5. The molecule has 0 saturated heterocycles.